The van der Waals surface area contributed by atoms with E-state index < -0.39 is 0 Å². The zero-order valence-electron chi connectivity index (χ0n) is 18.9. The van der Waals surface area contributed by atoms with E-state index in [2.05, 4.69) is 37.0 Å². The highest BCUT2D eigenvalue weighted by molar-refractivity contribution is 7.98. The summed E-state index contributed by atoms with van der Waals surface area (Å²) in [5, 5.41) is 13.9. The Morgan fingerprint density at radius 1 is 0.912 bits per heavy atom. The van der Waals surface area contributed by atoms with Crippen LogP contribution in [0, 0.1) is 6.92 Å². The molecular formula is C26H23N5O2S. The molecule has 0 saturated carbocycles. The Hall–Kier alpha value is -3.91. The molecule has 5 rings (SSSR count). The van der Waals surface area contributed by atoms with Crippen molar-refractivity contribution in [2.24, 2.45) is 0 Å². The van der Waals surface area contributed by atoms with Crippen LogP contribution in [0.2, 0.25) is 0 Å². The number of thioether (sulfide) groups is 1. The number of nitrogens with zero attached hydrogens (tertiary/aromatic N) is 5. The molecule has 0 atom stereocenters. The molecule has 2 heterocycles. The number of benzene rings is 3. The van der Waals surface area contributed by atoms with Crippen LogP contribution in [0.4, 0.5) is 0 Å². The fourth-order valence-electron chi connectivity index (χ4n) is 3.54. The molecule has 0 radical (unpaired) electrons. The molecule has 0 unspecified atom stereocenters. The second-order valence-electron chi connectivity index (χ2n) is 7.76. The van der Waals surface area contributed by atoms with Gasteiger partial charge in [0.2, 0.25) is 11.7 Å². The van der Waals surface area contributed by atoms with Gasteiger partial charge in [0.15, 0.2) is 5.16 Å². The minimum Gasteiger partial charge on any atom is -0.497 e. The number of rotatable bonds is 8. The number of aromatic nitrogens is 5. The van der Waals surface area contributed by atoms with Gasteiger partial charge in [0.25, 0.3) is 0 Å². The lowest BCUT2D eigenvalue weighted by atomic mass is 10.1. The molecule has 2 aromatic heterocycles. The lowest BCUT2D eigenvalue weighted by molar-refractivity contribution is 0.391. The molecule has 0 fully saturated rings. The highest BCUT2D eigenvalue weighted by Gasteiger charge is 2.17. The van der Waals surface area contributed by atoms with Crippen molar-refractivity contribution in [3.8, 4) is 22.8 Å². The summed E-state index contributed by atoms with van der Waals surface area (Å²) in [6.45, 7) is 2.05. The van der Waals surface area contributed by atoms with E-state index in [1.807, 2.05) is 73.7 Å². The lowest BCUT2D eigenvalue weighted by Gasteiger charge is -2.11. The van der Waals surface area contributed by atoms with Crippen LogP contribution >= 0.6 is 11.8 Å². The molecule has 0 aliphatic rings. The molecule has 170 valence electrons. The van der Waals surface area contributed by atoms with Crippen molar-refractivity contribution in [1.82, 2.24) is 24.9 Å². The molecule has 0 amide bonds. The summed E-state index contributed by atoms with van der Waals surface area (Å²) in [6.07, 6.45) is 0.665. The van der Waals surface area contributed by atoms with Gasteiger partial charge in [0.05, 0.1) is 12.9 Å². The number of hydrogen-bond donors (Lipinski definition) is 0. The predicted octanol–water partition coefficient (Wildman–Crippen LogP) is 5.52. The molecule has 0 aliphatic heterocycles. The highest BCUT2D eigenvalue weighted by atomic mass is 32.2. The van der Waals surface area contributed by atoms with Gasteiger partial charge in [0.1, 0.15) is 11.6 Å². The molecule has 34 heavy (non-hydrogen) atoms. The molecule has 0 N–H and O–H groups in total. The first-order chi connectivity index (χ1) is 16.7. The van der Waals surface area contributed by atoms with Gasteiger partial charge in [-0.3, -0.25) is 4.57 Å². The number of ether oxygens (including phenoxy) is 1. The molecular weight excluding hydrogens is 446 g/mol. The van der Waals surface area contributed by atoms with E-state index in [9.17, 15) is 0 Å². The standard InChI is InChI=1S/C26H23N5O2S/c1-18-8-10-20(11-9-18)25-27-24(33-30-25)17-34-26-29-28-23(16-19-6-4-3-5-7-19)31(26)21-12-14-22(32-2)15-13-21/h3-15H,16-17H2,1-2H3. The summed E-state index contributed by atoms with van der Waals surface area (Å²) in [5.41, 5.74) is 4.25. The average Bonchev–Trinajstić information content (AvgIpc) is 3.51. The van der Waals surface area contributed by atoms with Crippen LogP contribution in [0.25, 0.3) is 17.1 Å². The topological polar surface area (TPSA) is 78.9 Å². The molecule has 0 aliphatic carbocycles. The molecule has 0 saturated heterocycles. The van der Waals surface area contributed by atoms with Crippen molar-refractivity contribution < 1.29 is 9.26 Å². The first kappa shape index (κ1) is 21.9. The third-order valence-electron chi connectivity index (χ3n) is 5.34. The molecule has 7 nitrogen and oxygen atoms in total. The van der Waals surface area contributed by atoms with E-state index in [1.54, 1.807) is 7.11 Å². The van der Waals surface area contributed by atoms with E-state index in [0.29, 0.717) is 23.9 Å². The van der Waals surface area contributed by atoms with Crippen LogP contribution in [0.3, 0.4) is 0 Å². The monoisotopic (exact) mass is 469 g/mol. The minimum absolute atomic E-state index is 0.485. The minimum atomic E-state index is 0.485. The quantitative estimate of drug-likeness (QED) is 0.277. The smallest absolute Gasteiger partial charge is 0.237 e. The van der Waals surface area contributed by atoms with Crippen LogP contribution in [-0.2, 0) is 12.2 Å². The molecule has 5 aromatic rings. The average molecular weight is 470 g/mol. The Kier molecular flexibility index (Phi) is 6.40. The third-order valence-corrected chi connectivity index (χ3v) is 6.25. The van der Waals surface area contributed by atoms with Gasteiger partial charge in [-0.2, -0.15) is 4.98 Å². The number of methoxy groups -OCH3 is 1. The van der Waals surface area contributed by atoms with Gasteiger partial charge in [-0.05, 0) is 36.8 Å². The van der Waals surface area contributed by atoms with Crippen molar-refractivity contribution in [2.45, 2.75) is 24.3 Å². The van der Waals surface area contributed by atoms with E-state index in [0.717, 1.165) is 28.0 Å². The van der Waals surface area contributed by atoms with Crippen LogP contribution in [0.1, 0.15) is 22.8 Å². The zero-order chi connectivity index (χ0) is 23.3. The Balaban J connectivity index is 1.40. The van der Waals surface area contributed by atoms with E-state index >= 15 is 0 Å². The van der Waals surface area contributed by atoms with Gasteiger partial charge in [-0.25, -0.2) is 0 Å². The summed E-state index contributed by atoms with van der Waals surface area (Å²) >= 11 is 1.51. The Morgan fingerprint density at radius 3 is 2.41 bits per heavy atom. The van der Waals surface area contributed by atoms with Gasteiger partial charge in [-0.15, -0.1) is 10.2 Å². The first-order valence-corrected chi connectivity index (χ1v) is 11.8. The maximum absolute atomic E-state index is 5.49. The van der Waals surface area contributed by atoms with E-state index in [1.165, 1.54) is 22.9 Å². The SMILES string of the molecule is COc1ccc(-n2c(Cc3ccccc3)nnc2SCc2nc(-c3ccc(C)cc3)no2)cc1. The maximum atomic E-state index is 5.49. The normalized spacial score (nSPS) is 11.0. The molecule has 3 aromatic carbocycles. The van der Waals surface area contributed by atoms with E-state index in [4.69, 9.17) is 9.26 Å². The lowest BCUT2D eigenvalue weighted by Crippen LogP contribution is -2.04. The van der Waals surface area contributed by atoms with Gasteiger partial charge in [0, 0.05) is 17.7 Å². The maximum Gasteiger partial charge on any atom is 0.237 e. The van der Waals surface area contributed by atoms with Gasteiger partial charge < -0.3 is 9.26 Å². The summed E-state index contributed by atoms with van der Waals surface area (Å²) in [7, 11) is 1.66. The highest BCUT2D eigenvalue weighted by Crippen LogP contribution is 2.28. The first-order valence-electron chi connectivity index (χ1n) is 10.8. The van der Waals surface area contributed by atoms with E-state index in [-0.39, 0.29) is 0 Å². The van der Waals surface area contributed by atoms with Crippen LogP contribution in [0.5, 0.6) is 5.75 Å². The fourth-order valence-corrected chi connectivity index (χ4v) is 4.35. The largest absolute Gasteiger partial charge is 0.497 e. The molecule has 8 heteroatoms. The Morgan fingerprint density at radius 2 is 1.68 bits per heavy atom. The Bertz CT molecular complexity index is 1360. The predicted molar refractivity (Wildman–Crippen MR) is 131 cm³/mol. The summed E-state index contributed by atoms with van der Waals surface area (Å²) in [5.74, 6) is 3.25. The van der Waals surface area contributed by atoms with Crippen molar-refractivity contribution in [2.75, 3.05) is 7.11 Å². The second kappa shape index (κ2) is 9.93. The summed E-state index contributed by atoms with van der Waals surface area (Å²) in [6, 6.07) is 26.2. The van der Waals surface area contributed by atoms with Crippen molar-refractivity contribution >= 4 is 11.8 Å². The second-order valence-corrected chi connectivity index (χ2v) is 8.70. The van der Waals surface area contributed by atoms with Gasteiger partial charge >= 0.3 is 0 Å². The molecule has 0 bridgehead atoms. The fraction of sp³-hybridized carbons (Fsp3) is 0.154. The van der Waals surface area contributed by atoms with Gasteiger partial charge in [-0.1, -0.05) is 77.1 Å². The Labute approximate surface area is 201 Å². The summed E-state index contributed by atoms with van der Waals surface area (Å²) < 4.78 is 12.9. The van der Waals surface area contributed by atoms with Crippen LogP contribution in [0.15, 0.2) is 88.5 Å². The number of hydrogen-bond acceptors (Lipinski definition) is 7. The van der Waals surface area contributed by atoms with Crippen molar-refractivity contribution in [1.29, 1.82) is 0 Å². The third kappa shape index (κ3) is 4.87. The van der Waals surface area contributed by atoms with Crippen molar-refractivity contribution in [3.63, 3.8) is 0 Å². The van der Waals surface area contributed by atoms with Crippen LogP contribution in [-0.4, -0.2) is 32.0 Å². The molecule has 0 spiro atoms. The van der Waals surface area contributed by atoms with Crippen LogP contribution < -0.4 is 4.74 Å². The zero-order valence-corrected chi connectivity index (χ0v) is 19.7. The number of aryl methyl sites for hydroxylation is 1. The van der Waals surface area contributed by atoms with Crippen molar-refractivity contribution in [3.05, 3.63) is 102 Å². The summed E-state index contributed by atoms with van der Waals surface area (Å²) in [4.78, 5) is 4.55.